The van der Waals surface area contributed by atoms with Crippen LogP contribution in [0.25, 0.3) is 0 Å². The number of aliphatic hydroxyl groups excluding tert-OH is 3. The lowest BCUT2D eigenvalue weighted by atomic mass is 10.0. The lowest BCUT2D eigenvalue weighted by Crippen LogP contribution is -2.48. The van der Waals surface area contributed by atoms with E-state index in [9.17, 15) is 20.1 Å². The Bertz CT molecular complexity index is 971. The summed E-state index contributed by atoms with van der Waals surface area (Å²) in [4.78, 5) is 12.6. The standard InChI is InChI=1S/C63H125NO4/c1-3-5-7-9-11-13-15-17-19-21-23-25-27-28-29-30-31-32-33-34-35-36-38-40-42-44-46-48-50-52-54-56-58-62(67)63(68)64-60(59-65)61(66)57-55-53-51-49-47-45-43-41-39-37-26-24-22-20-18-16-14-12-10-8-6-4-2/h55,57,60-62,65-67H,3-54,56,58-59H2,1-2H3,(H,64,68)/b57-55+. The van der Waals surface area contributed by atoms with Gasteiger partial charge < -0.3 is 20.6 Å². The van der Waals surface area contributed by atoms with E-state index in [0.717, 1.165) is 32.1 Å². The Morgan fingerprint density at radius 2 is 0.574 bits per heavy atom. The van der Waals surface area contributed by atoms with Gasteiger partial charge in [-0.25, -0.2) is 0 Å². The van der Waals surface area contributed by atoms with Gasteiger partial charge in [0, 0.05) is 0 Å². The van der Waals surface area contributed by atoms with Crippen LogP contribution in [-0.4, -0.2) is 46.1 Å². The fourth-order valence-corrected chi connectivity index (χ4v) is 10.3. The second-order valence-corrected chi connectivity index (χ2v) is 22.0. The number of hydrogen-bond donors (Lipinski definition) is 4. The summed E-state index contributed by atoms with van der Waals surface area (Å²) in [6.45, 7) is 4.23. The fourth-order valence-electron chi connectivity index (χ4n) is 10.3. The molecule has 0 saturated carbocycles. The molecule has 0 aromatic heterocycles. The Hall–Kier alpha value is -0.910. The number of allylic oxidation sites excluding steroid dienone is 1. The number of hydrogen-bond acceptors (Lipinski definition) is 4. The zero-order valence-corrected chi connectivity index (χ0v) is 46.5. The number of amides is 1. The minimum absolute atomic E-state index is 0.358. The molecule has 0 aliphatic heterocycles. The highest BCUT2D eigenvalue weighted by Crippen LogP contribution is 2.19. The van der Waals surface area contributed by atoms with Crippen molar-refractivity contribution < 1.29 is 20.1 Å². The molecule has 0 bridgehead atoms. The number of carbonyl (C=O) groups is 1. The average Bonchev–Trinajstić information content (AvgIpc) is 3.34. The number of aliphatic hydroxyl groups is 3. The molecular formula is C63H125NO4. The van der Waals surface area contributed by atoms with Crippen molar-refractivity contribution in [1.29, 1.82) is 0 Å². The topological polar surface area (TPSA) is 89.8 Å². The van der Waals surface area contributed by atoms with Gasteiger partial charge in [-0.2, -0.15) is 0 Å². The summed E-state index contributed by atoms with van der Waals surface area (Å²) in [7, 11) is 0. The first-order chi connectivity index (χ1) is 33.6. The molecule has 406 valence electrons. The molecule has 0 aliphatic rings. The molecule has 0 spiro atoms. The summed E-state index contributed by atoms with van der Waals surface area (Å²) in [5.41, 5.74) is 0. The van der Waals surface area contributed by atoms with Crippen molar-refractivity contribution in [3.8, 4) is 0 Å². The number of unbranched alkanes of at least 4 members (excludes halogenated alkanes) is 51. The SMILES string of the molecule is CCCCCCCCCCCCCCCCCCCCCC/C=C/C(O)C(CO)NC(=O)C(O)CCCCCCCCCCCCCCCCCCCCCCCCCCCCCCCCCC. The molecule has 4 N–H and O–H groups in total. The second kappa shape index (κ2) is 58.7. The van der Waals surface area contributed by atoms with Gasteiger partial charge in [0.2, 0.25) is 5.91 Å². The minimum atomic E-state index is -1.09. The summed E-state index contributed by atoms with van der Waals surface area (Å²) in [5.74, 6) is -0.494. The maximum atomic E-state index is 12.6. The van der Waals surface area contributed by atoms with Crippen molar-refractivity contribution in [2.24, 2.45) is 0 Å². The Morgan fingerprint density at radius 1 is 0.353 bits per heavy atom. The smallest absolute Gasteiger partial charge is 0.249 e. The molecule has 0 saturated heterocycles. The summed E-state index contributed by atoms with van der Waals surface area (Å²) in [6, 6.07) is -0.795. The molecule has 0 aliphatic carbocycles. The van der Waals surface area contributed by atoms with E-state index >= 15 is 0 Å². The van der Waals surface area contributed by atoms with Crippen LogP contribution < -0.4 is 5.32 Å². The fraction of sp³-hybridized carbons (Fsp3) is 0.952. The summed E-state index contributed by atoms with van der Waals surface area (Å²) < 4.78 is 0. The molecule has 5 nitrogen and oxygen atoms in total. The van der Waals surface area contributed by atoms with Crippen LogP contribution in [0.3, 0.4) is 0 Å². The first-order valence-electron chi connectivity index (χ1n) is 31.5. The predicted octanol–water partition coefficient (Wildman–Crippen LogP) is 19.8. The predicted molar refractivity (Wildman–Crippen MR) is 301 cm³/mol. The largest absolute Gasteiger partial charge is 0.394 e. The van der Waals surface area contributed by atoms with Crippen LogP contribution in [0.4, 0.5) is 0 Å². The van der Waals surface area contributed by atoms with Crippen molar-refractivity contribution in [3.63, 3.8) is 0 Å². The highest BCUT2D eigenvalue weighted by Gasteiger charge is 2.22. The van der Waals surface area contributed by atoms with Gasteiger partial charge >= 0.3 is 0 Å². The van der Waals surface area contributed by atoms with Crippen LogP contribution in [-0.2, 0) is 4.79 Å². The lowest BCUT2D eigenvalue weighted by Gasteiger charge is -2.21. The third-order valence-corrected chi connectivity index (χ3v) is 15.1. The Morgan fingerprint density at radius 3 is 0.809 bits per heavy atom. The number of nitrogens with one attached hydrogen (secondary N) is 1. The summed E-state index contributed by atoms with van der Waals surface area (Å²) >= 11 is 0. The first-order valence-corrected chi connectivity index (χ1v) is 31.5. The third kappa shape index (κ3) is 52.9. The molecule has 3 atom stereocenters. The van der Waals surface area contributed by atoms with Crippen LogP contribution in [0.15, 0.2) is 12.2 Å². The maximum absolute atomic E-state index is 12.6. The van der Waals surface area contributed by atoms with Gasteiger partial charge in [0.15, 0.2) is 0 Å². The Kier molecular flexibility index (Phi) is 57.9. The van der Waals surface area contributed by atoms with E-state index in [4.69, 9.17) is 0 Å². The third-order valence-electron chi connectivity index (χ3n) is 15.1. The summed E-state index contributed by atoms with van der Waals surface area (Å²) in [6.07, 6.45) is 74.7. The van der Waals surface area contributed by atoms with Crippen molar-refractivity contribution in [1.82, 2.24) is 5.32 Å². The van der Waals surface area contributed by atoms with Crippen LogP contribution in [0.5, 0.6) is 0 Å². The van der Waals surface area contributed by atoms with Gasteiger partial charge in [-0.15, -0.1) is 0 Å². The van der Waals surface area contributed by atoms with Crippen LogP contribution in [0.1, 0.15) is 361 Å². The highest BCUT2D eigenvalue weighted by molar-refractivity contribution is 5.80. The van der Waals surface area contributed by atoms with Gasteiger partial charge in [-0.05, 0) is 19.3 Å². The van der Waals surface area contributed by atoms with Crippen LogP contribution >= 0.6 is 0 Å². The molecule has 0 aromatic carbocycles. The molecular weight excluding hydrogens is 835 g/mol. The van der Waals surface area contributed by atoms with Gasteiger partial charge in [0.1, 0.15) is 6.10 Å². The van der Waals surface area contributed by atoms with Crippen molar-refractivity contribution >= 4 is 5.91 Å². The first kappa shape index (κ1) is 67.1. The minimum Gasteiger partial charge on any atom is -0.394 e. The van der Waals surface area contributed by atoms with E-state index in [0.29, 0.717) is 6.42 Å². The monoisotopic (exact) mass is 960 g/mol. The van der Waals surface area contributed by atoms with Crippen LogP contribution in [0.2, 0.25) is 0 Å². The zero-order chi connectivity index (χ0) is 49.3. The molecule has 1 amide bonds. The molecule has 0 radical (unpaired) electrons. The van der Waals surface area contributed by atoms with Gasteiger partial charge in [-0.3, -0.25) is 4.79 Å². The Balaban J connectivity index is 3.48. The number of carbonyl (C=O) groups excluding carboxylic acids is 1. The molecule has 0 rings (SSSR count). The van der Waals surface area contributed by atoms with Crippen molar-refractivity contribution in [2.45, 2.75) is 379 Å². The van der Waals surface area contributed by atoms with E-state index in [1.165, 1.54) is 308 Å². The van der Waals surface area contributed by atoms with E-state index in [2.05, 4.69) is 19.2 Å². The number of rotatable bonds is 59. The van der Waals surface area contributed by atoms with E-state index < -0.39 is 24.2 Å². The summed E-state index contributed by atoms with van der Waals surface area (Å²) in [5, 5.41) is 33.5. The maximum Gasteiger partial charge on any atom is 0.249 e. The van der Waals surface area contributed by atoms with E-state index in [1.54, 1.807) is 6.08 Å². The van der Waals surface area contributed by atoms with Crippen molar-refractivity contribution in [2.75, 3.05) is 6.61 Å². The second-order valence-electron chi connectivity index (χ2n) is 22.0. The molecule has 0 fully saturated rings. The quantitative estimate of drug-likeness (QED) is 0.0361. The van der Waals surface area contributed by atoms with Gasteiger partial charge in [-0.1, -0.05) is 353 Å². The normalized spacial score (nSPS) is 13.2. The molecule has 0 heterocycles. The van der Waals surface area contributed by atoms with Crippen molar-refractivity contribution in [3.05, 3.63) is 12.2 Å². The molecule has 5 heteroatoms. The molecule has 0 aromatic rings. The van der Waals surface area contributed by atoms with E-state index in [1.807, 2.05) is 6.08 Å². The molecule has 3 unspecified atom stereocenters. The average molecular weight is 961 g/mol. The Labute approximate surface area is 427 Å². The van der Waals surface area contributed by atoms with E-state index in [-0.39, 0.29) is 6.61 Å². The molecule has 68 heavy (non-hydrogen) atoms. The van der Waals surface area contributed by atoms with Crippen LogP contribution in [0, 0.1) is 0 Å². The lowest BCUT2D eigenvalue weighted by molar-refractivity contribution is -0.131. The highest BCUT2D eigenvalue weighted by atomic mass is 16.3. The van der Waals surface area contributed by atoms with Gasteiger partial charge in [0.25, 0.3) is 0 Å². The zero-order valence-electron chi connectivity index (χ0n) is 46.5. The van der Waals surface area contributed by atoms with Gasteiger partial charge in [0.05, 0.1) is 18.8 Å².